The Hall–Kier alpha value is -3.89. The second-order valence-corrected chi connectivity index (χ2v) is 8.66. The number of aryl methyl sites for hydroxylation is 1. The Morgan fingerprint density at radius 1 is 1.12 bits per heavy atom. The second kappa shape index (κ2) is 8.23. The number of anilines is 1. The topological polar surface area (TPSA) is 109 Å². The van der Waals surface area contributed by atoms with Crippen molar-refractivity contribution in [1.29, 1.82) is 5.26 Å². The Labute approximate surface area is 192 Å². The fraction of sp³-hybridized carbons (Fsp3) is 0.269. The fourth-order valence-corrected chi connectivity index (χ4v) is 4.66. The molecule has 3 aromatic heterocycles. The molecule has 0 saturated carbocycles. The van der Waals surface area contributed by atoms with E-state index in [1.165, 1.54) is 0 Å². The van der Waals surface area contributed by atoms with E-state index >= 15 is 0 Å². The van der Waals surface area contributed by atoms with E-state index in [0.29, 0.717) is 16.8 Å². The molecule has 3 N–H and O–H groups in total. The lowest BCUT2D eigenvalue weighted by Crippen LogP contribution is -2.35. The SMILES string of the molecule is Cc1ccc(O)c(C)c1-c1cnc2[nH]c(-c3cncc(N4CCC(O)CC4)c3)cc2c1C#N. The molecule has 0 amide bonds. The van der Waals surface area contributed by atoms with Crippen LogP contribution in [0.25, 0.3) is 33.4 Å². The van der Waals surface area contributed by atoms with Gasteiger partial charge in [-0.15, -0.1) is 0 Å². The van der Waals surface area contributed by atoms with E-state index in [2.05, 4.69) is 32.0 Å². The minimum absolute atomic E-state index is 0.197. The highest BCUT2D eigenvalue weighted by Crippen LogP contribution is 2.37. The molecular weight excluding hydrogens is 414 g/mol. The zero-order chi connectivity index (χ0) is 23.1. The molecule has 0 spiro atoms. The third-order valence-electron chi connectivity index (χ3n) is 6.55. The molecule has 1 fully saturated rings. The van der Waals surface area contributed by atoms with E-state index in [0.717, 1.165) is 65.0 Å². The number of benzene rings is 1. The number of aromatic nitrogens is 3. The Kier molecular flexibility index (Phi) is 5.23. The van der Waals surface area contributed by atoms with Gasteiger partial charge in [-0.25, -0.2) is 4.98 Å². The quantitative estimate of drug-likeness (QED) is 0.435. The minimum atomic E-state index is -0.227. The molecule has 0 unspecified atom stereocenters. The molecule has 0 aliphatic carbocycles. The van der Waals surface area contributed by atoms with Gasteiger partial charge in [0.25, 0.3) is 0 Å². The third-order valence-corrected chi connectivity index (χ3v) is 6.55. The summed E-state index contributed by atoms with van der Waals surface area (Å²) in [4.78, 5) is 14.6. The van der Waals surface area contributed by atoms with Crippen LogP contribution in [0.15, 0.2) is 42.9 Å². The van der Waals surface area contributed by atoms with Gasteiger partial charge in [0.15, 0.2) is 0 Å². The number of nitriles is 1. The molecule has 0 radical (unpaired) electrons. The maximum atomic E-state index is 10.2. The zero-order valence-corrected chi connectivity index (χ0v) is 18.6. The Balaban J connectivity index is 1.59. The number of fused-ring (bicyclic) bond motifs is 1. The summed E-state index contributed by atoms with van der Waals surface area (Å²) in [6, 6.07) is 9.89. The second-order valence-electron chi connectivity index (χ2n) is 8.66. The minimum Gasteiger partial charge on any atom is -0.508 e. The van der Waals surface area contributed by atoms with Crippen LogP contribution in [0.5, 0.6) is 5.75 Å². The van der Waals surface area contributed by atoms with Gasteiger partial charge in [0.05, 0.1) is 23.6 Å². The summed E-state index contributed by atoms with van der Waals surface area (Å²) in [6.45, 7) is 5.41. The number of piperidine rings is 1. The van der Waals surface area contributed by atoms with Crippen LogP contribution in [0.4, 0.5) is 5.69 Å². The van der Waals surface area contributed by atoms with Crippen molar-refractivity contribution in [1.82, 2.24) is 15.0 Å². The summed E-state index contributed by atoms with van der Waals surface area (Å²) in [5, 5.41) is 30.8. The number of phenols is 1. The number of phenolic OH excluding ortho intramolecular Hbond substituents is 1. The lowest BCUT2D eigenvalue weighted by atomic mass is 9.92. The summed E-state index contributed by atoms with van der Waals surface area (Å²) in [7, 11) is 0. The number of nitrogens with zero attached hydrogens (tertiary/aromatic N) is 4. The molecule has 5 rings (SSSR count). The van der Waals surface area contributed by atoms with Crippen LogP contribution in [-0.2, 0) is 0 Å². The smallest absolute Gasteiger partial charge is 0.139 e. The van der Waals surface area contributed by atoms with Crippen LogP contribution in [0.3, 0.4) is 0 Å². The van der Waals surface area contributed by atoms with Gasteiger partial charge in [0.2, 0.25) is 0 Å². The van der Waals surface area contributed by atoms with Crippen LogP contribution >= 0.6 is 0 Å². The Bertz CT molecular complexity index is 1390. The Morgan fingerprint density at radius 2 is 1.91 bits per heavy atom. The Morgan fingerprint density at radius 3 is 2.67 bits per heavy atom. The summed E-state index contributed by atoms with van der Waals surface area (Å²) in [5.74, 6) is 0.197. The summed E-state index contributed by atoms with van der Waals surface area (Å²) in [5.41, 5.74) is 7.15. The van der Waals surface area contributed by atoms with Crippen molar-refractivity contribution < 1.29 is 10.2 Å². The predicted octanol–water partition coefficient (Wildman–Crippen LogP) is 4.45. The van der Waals surface area contributed by atoms with E-state index in [1.807, 2.05) is 32.2 Å². The van der Waals surface area contributed by atoms with Crippen molar-refractivity contribution in [3.8, 4) is 34.2 Å². The maximum Gasteiger partial charge on any atom is 0.139 e. The van der Waals surface area contributed by atoms with Crippen molar-refractivity contribution in [2.24, 2.45) is 0 Å². The number of hydrogen-bond acceptors (Lipinski definition) is 6. The molecule has 0 bridgehead atoms. The largest absolute Gasteiger partial charge is 0.508 e. The fourth-order valence-electron chi connectivity index (χ4n) is 4.66. The van der Waals surface area contributed by atoms with E-state index in [9.17, 15) is 15.5 Å². The lowest BCUT2D eigenvalue weighted by Gasteiger charge is -2.31. The maximum absolute atomic E-state index is 10.2. The lowest BCUT2D eigenvalue weighted by molar-refractivity contribution is 0.145. The van der Waals surface area contributed by atoms with Gasteiger partial charge in [0, 0.05) is 47.7 Å². The molecule has 1 aliphatic heterocycles. The van der Waals surface area contributed by atoms with Crippen molar-refractivity contribution in [2.75, 3.05) is 18.0 Å². The number of aliphatic hydroxyl groups is 1. The number of aromatic amines is 1. The molecule has 7 nitrogen and oxygen atoms in total. The van der Waals surface area contributed by atoms with E-state index in [1.54, 1.807) is 18.5 Å². The summed E-state index contributed by atoms with van der Waals surface area (Å²) < 4.78 is 0. The van der Waals surface area contributed by atoms with Crippen molar-refractivity contribution in [3.05, 3.63) is 59.5 Å². The molecule has 7 heteroatoms. The van der Waals surface area contributed by atoms with Crippen LogP contribution < -0.4 is 4.90 Å². The van der Waals surface area contributed by atoms with Crippen LogP contribution in [-0.4, -0.2) is 44.4 Å². The molecular formula is C26H25N5O2. The highest BCUT2D eigenvalue weighted by atomic mass is 16.3. The normalized spacial score (nSPS) is 14.5. The first-order valence-electron chi connectivity index (χ1n) is 11.1. The van der Waals surface area contributed by atoms with Crippen LogP contribution in [0, 0.1) is 25.2 Å². The monoisotopic (exact) mass is 439 g/mol. The van der Waals surface area contributed by atoms with Gasteiger partial charge in [-0.3, -0.25) is 4.98 Å². The molecule has 1 aromatic carbocycles. The summed E-state index contributed by atoms with van der Waals surface area (Å²) >= 11 is 0. The van der Waals surface area contributed by atoms with Gasteiger partial charge < -0.3 is 20.1 Å². The number of pyridine rings is 2. The van der Waals surface area contributed by atoms with Crippen LogP contribution in [0.1, 0.15) is 29.5 Å². The number of nitrogens with one attached hydrogen (secondary N) is 1. The van der Waals surface area contributed by atoms with Gasteiger partial charge in [-0.1, -0.05) is 6.07 Å². The van der Waals surface area contributed by atoms with Gasteiger partial charge in [-0.05, 0) is 61.6 Å². The third kappa shape index (κ3) is 3.69. The van der Waals surface area contributed by atoms with Gasteiger partial charge >= 0.3 is 0 Å². The zero-order valence-electron chi connectivity index (χ0n) is 18.6. The standard InChI is InChI=1S/C26H25N5O2/c1-15-3-4-24(33)16(2)25(15)22-14-29-26-20(21(22)11-27)10-23(30-26)17-9-18(13-28-12-17)31-7-5-19(32)6-8-31/h3-4,9-10,12-14,19,32-33H,5-8H2,1-2H3,(H,29,30). The molecule has 33 heavy (non-hydrogen) atoms. The first-order chi connectivity index (χ1) is 16.0. The van der Waals surface area contributed by atoms with Crippen molar-refractivity contribution in [3.63, 3.8) is 0 Å². The highest BCUT2D eigenvalue weighted by Gasteiger charge is 2.20. The highest BCUT2D eigenvalue weighted by molar-refractivity contribution is 5.94. The first-order valence-corrected chi connectivity index (χ1v) is 11.1. The molecule has 166 valence electrons. The van der Waals surface area contributed by atoms with Gasteiger partial charge in [-0.2, -0.15) is 5.26 Å². The van der Waals surface area contributed by atoms with Crippen molar-refractivity contribution in [2.45, 2.75) is 32.8 Å². The van der Waals surface area contributed by atoms with E-state index < -0.39 is 0 Å². The molecule has 4 heterocycles. The predicted molar refractivity (Wildman–Crippen MR) is 128 cm³/mol. The number of H-pyrrole nitrogens is 1. The van der Waals surface area contributed by atoms with Gasteiger partial charge in [0.1, 0.15) is 17.5 Å². The number of rotatable bonds is 3. The number of aliphatic hydroxyl groups excluding tert-OH is 1. The molecule has 1 aliphatic rings. The molecule has 0 atom stereocenters. The van der Waals surface area contributed by atoms with E-state index in [4.69, 9.17) is 0 Å². The molecule has 1 saturated heterocycles. The number of hydrogen-bond donors (Lipinski definition) is 3. The van der Waals surface area contributed by atoms with Crippen molar-refractivity contribution >= 4 is 16.7 Å². The van der Waals surface area contributed by atoms with Crippen LogP contribution in [0.2, 0.25) is 0 Å². The average Bonchev–Trinajstić information content (AvgIpc) is 3.27. The summed E-state index contributed by atoms with van der Waals surface area (Å²) in [6.07, 6.45) is 6.61. The first kappa shape index (κ1) is 21.0. The average molecular weight is 440 g/mol. The number of aromatic hydroxyl groups is 1. The molecule has 4 aromatic rings. The van der Waals surface area contributed by atoms with E-state index in [-0.39, 0.29) is 11.9 Å².